The summed E-state index contributed by atoms with van der Waals surface area (Å²) in [6.45, 7) is 20.7. The predicted molar refractivity (Wildman–Crippen MR) is 201 cm³/mol. The van der Waals surface area contributed by atoms with Crippen LogP contribution in [0.5, 0.6) is 0 Å². The molecule has 4 N–H and O–H groups in total. The van der Waals surface area contributed by atoms with Crippen molar-refractivity contribution < 1.29 is 74.8 Å². The predicted octanol–water partition coefficient (Wildman–Crippen LogP) is -5.71. The van der Waals surface area contributed by atoms with E-state index in [2.05, 4.69) is 125 Å². The summed E-state index contributed by atoms with van der Waals surface area (Å²) in [6.07, 6.45) is 0. The third-order valence-electron chi connectivity index (χ3n) is 7.61. The van der Waals surface area contributed by atoms with E-state index in [0.717, 1.165) is 48.6 Å². The van der Waals surface area contributed by atoms with Crippen molar-refractivity contribution in [2.75, 3.05) is 36.8 Å². The quantitative estimate of drug-likeness (QED) is 0.0996. The fraction of sp³-hybridized carbons (Fsp3) is 0.333. The Morgan fingerprint density at radius 2 is 0.922 bits per heavy atom. The number of rotatable bonds is 6. The van der Waals surface area contributed by atoms with E-state index in [-0.39, 0.29) is 49.6 Å². The number of aryl methyl sites for hydroxylation is 4. The van der Waals surface area contributed by atoms with Crippen molar-refractivity contribution in [1.82, 2.24) is 9.97 Å². The van der Waals surface area contributed by atoms with Gasteiger partial charge in [0.05, 0.1) is 41.6 Å². The average molecular weight is 903 g/mol. The van der Waals surface area contributed by atoms with Crippen LogP contribution < -0.4 is 81.0 Å². The summed E-state index contributed by atoms with van der Waals surface area (Å²) in [5.74, 6) is 0. The van der Waals surface area contributed by atoms with Gasteiger partial charge in [-0.2, -0.15) is 0 Å². The molecule has 276 valence electrons. The van der Waals surface area contributed by atoms with Crippen molar-refractivity contribution in [1.29, 1.82) is 0 Å². The zero-order chi connectivity index (χ0) is 34.1. The molecule has 2 aliphatic heterocycles. The SMILES string of the molecule is CCNc1cc2sc3cc(=[NH+]CC)c(C)cc-3nc2cc1C.CCNc1cc2sc3cc(=[NH+]CC)c(C)cc-3nc2cc1C.[Cl-].[Cl-].[Cl-].[Cl-].[Cl][Zn][Cl]. The summed E-state index contributed by atoms with van der Waals surface area (Å²) in [7, 11) is 9.90. The number of nitrogens with one attached hydrogen (secondary N) is 4. The minimum absolute atomic E-state index is 0. The first-order valence-corrected chi connectivity index (χ1v) is 25.5. The van der Waals surface area contributed by atoms with E-state index < -0.39 is 15.1 Å². The molecule has 0 radical (unpaired) electrons. The number of nitrogens with zero attached hydrogens (tertiary/aromatic N) is 2. The van der Waals surface area contributed by atoms with E-state index in [1.54, 1.807) is 22.7 Å². The Labute approximate surface area is 350 Å². The Hall–Kier alpha value is -1.52. The molecule has 0 atom stereocenters. The maximum atomic E-state index is 4.95. The van der Waals surface area contributed by atoms with Gasteiger partial charge in [-0.15, -0.1) is 22.7 Å². The zero-order valence-corrected chi connectivity index (χ0v) is 39.3. The molecule has 2 aliphatic carbocycles. The Kier molecular flexibility index (Phi) is 23.3. The Balaban J connectivity index is 0.000000848. The number of hydrogen-bond donors (Lipinski definition) is 4. The number of hydrogen-bond acceptors (Lipinski definition) is 6. The van der Waals surface area contributed by atoms with Crippen molar-refractivity contribution in [3.63, 3.8) is 0 Å². The molecule has 0 saturated carbocycles. The molecule has 0 spiro atoms. The molecule has 2 aromatic rings. The molecule has 0 aromatic heterocycles. The van der Waals surface area contributed by atoms with E-state index in [1.165, 1.54) is 63.5 Å². The van der Waals surface area contributed by atoms with Crippen molar-refractivity contribution in [3.8, 4) is 21.1 Å². The van der Waals surface area contributed by atoms with Crippen LogP contribution in [-0.2, 0) is 15.1 Å². The zero-order valence-electron chi connectivity index (χ0n) is 30.1. The fourth-order valence-corrected chi connectivity index (χ4v) is 7.41. The molecular formula is C36H44Cl6N6S2Zn-2. The topological polar surface area (TPSA) is 77.8 Å². The van der Waals surface area contributed by atoms with Gasteiger partial charge in [-0.25, -0.2) is 20.0 Å². The second kappa shape index (κ2) is 24.0. The summed E-state index contributed by atoms with van der Waals surface area (Å²) in [5, 5.41) is 9.25. The molecule has 0 saturated heterocycles. The molecule has 4 aliphatic rings. The van der Waals surface area contributed by atoms with Crippen LogP contribution in [0.3, 0.4) is 0 Å². The standard InChI is InChI=1S/2C18H21N3S.6ClH.Zn/c2*1-5-19-13-9-17-15(7-11(13)3)21-16-8-12(4)14(20-6-2)10-18(16)22-17;;;;;;;/h2*7-10,19H,5-6H2,1-4H3;6*1H;/q;;;;;;;;+2/p-4. The van der Waals surface area contributed by atoms with E-state index in [0.29, 0.717) is 0 Å². The van der Waals surface area contributed by atoms with Crippen LogP contribution in [0.25, 0.3) is 41.6 Å². The van der Waals surface area contributed by atoms with Crippen LogP contribution in [0, 0.1) is 27.7 Å². The first kappa shape index (κ1) is 49.5. The van der Waals surface area contributed by atoms with Gasteiger partial charge in [0.2, 0.25) is 10.7 Å². The van der Waals surface area contributed by atoms with Gasteiger partial charge in [0.25, 0.3) is 0 Å². The van der Waals surface area contributed by atoms with Crippen LogP contribution in [0.4, 0.5) is 11.4 Å². The van der Waals surface area contributed by atoms with Crippen LogP contribution in [0.2, 0.25) is 0 Å². The number of aromatic nitrogens is 2. The van der Waals surface area contributed by atoms with Gasteiger partial charge in [0.15, 0.2) is 0 Å². The summed E-state index contributed by atoms with van der Waals surface area (Å²) < 4.78 is 2.45. The van der Waals surface area contributed by atoms with Gasteiger partial charge in [0, 0.05) is 47.7 Å². The number of halogens is 6. The van der Waals surface area contributed by atoms with E-state index in [1.807, 2.05) is 0 Å². The van der Waals surface area contributed by atoms with Gasteiger partial charge in [-0.3, -0.25) is 0 Å². The van der Waals surface area contributed by atoms with Gasteiger partial charge in [-0.1, -0.05) is 0 Å². The molecule has 51 heavy (non-hydrogen) atoms. The second-order valence-corrected chi connectivity index (χ2v) is 18.0. The molecule has 0 unspecified atom stereocenters. The maximum absolute atomic E-state index is 4.95. The molecule has 0 bridgehead atoms. The first-order valence-electron chi connectivity index (χ1n) is 16.1. The normalized spacial score (nSPS) is 10.8. The summed E-state index contributed by atoms with van der Waals surface area (Å²) in [4.78, 5) is 19.0. The molecule has 2 aromatic carbocycles. The first-order chi connectivity index (χ1) is 22.6. The molecule has 0 amide bonds. The second-order valence-electron chi connectivity index (χ2n) is 11.2. The summed E-state index contributed by atoms with van der Waals surface area (Å²) in [6, 6.07) is 17.6. The fourth-order valence-electron chi connectivity index (χ4n) is 5.39. The summed E-state index contributed by atoms with van der Waals surface area (Å²) >= 11 is 2.68. The number of benzene rings is 4. The summed E-state index contributed by atoms with van der Waals surface area (Å²) in [5.41, 5.74) is 11.7. The molecular weight excluding hydrogens is 859 g/mol. The van der Waals surface area contributed by atoms with Crippen molar-refractivity contribution in [2.45, 2.75) is 55.4 Å². The van der Waals surface area contributed by atoms with Gasteiger partial charge in [-0.05, 0) is 103 Å². The van der Waals surface area contributed by atoms with Crippen molar-refractivity contribution in [3.05, 3.63) is 81.5 Å². The van der Waals surface area contributed by atoms with Crippen LogP contribution >= 0.6 is 42.1 Å². The van der Waals surface area contributed by atoms with E-state index in [9.17, 15) is 0 Å². The van der Waals surface area contributed by atoms with Crippen LogP contribution in [-0.4, -0.2) is 36.1 Å². The van der Waals surface area contributed by atoms with Gasteiger partial charge in [0.1, 0.15) is 13.1 Å². The average Bonchev–Trinajstić information content (AvgIpc) is 3.02. The third-order valence-corrected chi connectivity index (χ3v) is 9.80. The Morgan fingerprint density at radius 3 is 1.24 bits per heavy atom. The van der Waals surface area contributed by atoms with Gasteiger partial charge >= 0.3 is 34.5 Å². The Bertz CT molecular complexity index is 1930. The third kappa shape index (κ3) is 12.8. The number of fused-ring (bicyclic) bond motifs is 4. The van der Waals surface area contributed by atoms with Crippen molar-refractivity contribution in [2.24, 2.45) is 0 Å². The van der Waals surface area contributed by atoms with Crippen LogP contribution in [0.1, 0.15) is 49.9 Å². The van der Waals surface area contributed by atoms with Crippen molar-refractivity contribution >= 4 is 73.9 Å². The molecule has 6 nitrogen and oxygen atoms in total. The minimum atomic E-state index is -0.931. The van der Waals surface area contributed by atoms with E-state index >= 15 is 0 Å². The Morgan fingerprint density at radius 1 is 0.569 bits per heavy atom. The van der Waals surface area contributed by atoms with Crippen LogP contribution in [0.15, 0.2) is 48.5 Å². The molecule has 15 heteroatoms. The monoisotopic (exact) mass is 898 g/mol. The van der Waals surface area contributed by atoms with Gasteiger partial charge < -0.3 is 60.3 Å². The molecule has 6 rings (SSSR count). The molecule has 2 heterocycles. The number of anilines is 2. The van der Waals surface area contributed by atoms with E-state index in [4.69, 9.17) is 29.4 Å². The molecule has 0 fully saturated rings.